The molecule has 7 heteroatoms. The third-order valence-electron chi connectivity index (χ3n) is 5.23. The Balaban J connectivity index is 1.53. The number of anilines is 1. The van der Waals surface area contributed by atoms with Crippen molar-refractivity contribution in [3.05, 3.63) is 29.8 Å². The van der Waals surface area contributed by atoms with Crippen LogP contribution in [0.2, 0.25) is 0 Å². The molecule has 0 radical (unpaired) electrons. The van der Waals surface area contributed by atoms with Crippen LogP contribution in [-0.2, 0) is 14.3 Å². The Kier molecular flexibility index (Phi) is 3.23. The Morgan fingerprint density at radius 1 is 1.22 bits per heavy atom. The van der Waals surface area contributed by atoms with Gasteiger partial charge >= 0.3 is 11.9 Å². The van der Waals surface area contributed by atoms with E-state index < -0.39 is 11.9 Å². The molecule has 120 valence electrons. The fourth-order valence-electron chi connectivity index (χ4n) is 4.25. The summed E-state index contributed by atoms with van der Waals surface area (Å²) in [7, 11) is 0. The van der Waals surface area contributed by atoms with Gasteiger partial charge in [0.05, 0.1) is 22.2 Å². The second-order valence-electron chi connectivity index (χ2n) is 6.33. The summed E-state index contributed by atoms with van der Waals surface area (Å²) in [4.78, 5) is 35.6. The molecule has 1 aromatic rings. The van der Waals surface area contributed by atoms with E-state index >= 15 is 0 Å². The number of ether oxygens (including phenoxy) is 1. The summed E-state index contributed by atoms with van der Waals surface area (Å²) in [6.07, 6.45) is 0.726. The number of alkyl halides is 1. The summed E-state index contributed by atoms with van der Waals surface area (Å²) in [5, 5.41) is 11.7. The van der Waals surface area contributed by atoms with Gasteiger partial charge in [0, 0.05) is 11.6 Å². The molecule has 0 aromatic heterocycles. The van der Waals surface area contributed by atoms with Gasteiger partial charge in [-0.2, -0.15) is 0 Å². The van der Waals surface area contributed by atoms with E-state index in [1.54, 1.807) is 12.1 Å². The molecule has 3 aliphatic rings. The summed E-state index contributed by atoms with van der Waals surface area (Å²) >= 11 is 3.57. The maximum absolute atomic E-state index is 12.6. The van der Waals surface area contributed by atoms with Gasteiger partial charge in [0.15, 0.2) is 0 Å². The second kappa shape index (κ2) is 5.06. The number of carboxylic acids is 1. The van der Waals surface area contributed by atoms with Crippen LogP contribution in [-0.4, -0.2) is 33.9 Å². The van der Waals surface area contributed by atoms with Gasteiger partial charge in [-0.3, -0.25) is 9.59 Å². The number of esters is 1. The molecule has 23 heavy (non-hydrogen) atoms. The average Bonchev–Trinajstić information content (AvgIpc) is 3.12. The highest BCUT2D eigenvalue weighted by Gasteiger charge is 2.67. The minimum Gasteiger partial charge on any atom is -0.478 e. The molecule has 4 rings (SSSR count). The monoisotopic (exact) mass is 379 g/mol. The number of hydrogen-bond acceptors (Lipinski definition) is 4. The Bertz CT molecular complexity index is 703. The Morgan fingerprint density at radius 2 is 1.91 bits per heavy atom. The zero-order valence-electron chi connectivity index (χ0n) is 11.9. The molecule has 6 nitrogen and oxygen atoms in total. The average molecular weight is 380 g/mol. The van der Waals surface area contributed by atoms with E-state index in [0.29, 0.717) is 5.69 Å². The molecule has 1 saturated heterocycles. The number of nitrogens with one attached hydrogen (secondary N) is 1. The van der Waals surface area contributed by atoms with Crippen LogP contribution in [0.3, 0.4) is 0 Å². The van der Waals surface area contributed by atoms with Crippen molar-refractivity contribution < 1.29 is 24.2 Å². The second-order valence-corrected chi connectivity index (χ2v) is 7.39. The number of amides is 1. The predicted molar refractivity (Wildman–Crippen MR) is 83.2 cm³/mol. The molecule has 1 amide bonds. The van der Waals surface area contributed by atoms with Crippen LogP contribution in [0.15, 0.2) is 24.3 Å². The molecule has 1 heterocycles. The highest BCUT2D eigenvalue weighted by molar-refractivity contribution is 9.09. The number of benzene rings is 1. The summed E-state index contributed by atoms with van der Waals surface area (Å²) in [5.74, 6) is -2.01. The Hall–Kier alpha value is -1.89. The van der Waals surface area contributed by atoms with Crippen LogP contribution < -0.4 is 5.32 Å². The molecule has 6 atom stereocenters. The van der Waals surface area contributed by atoms with Gasteiger partial charge in [-0.05, 0) is 36.6 Å². The zero-order valence-corrected chi connectivity index (χ0v) is 13.5. The fourth-order valence-corrected chi connectivity index (χ4v) is 5.30. The Morgan fingerprint density at radius 3 is 2.57 bits per heavy atom. The van der Waals surface area contributed by atoms with Crippen LogP contribution in [0, 0.1) is 23.7 Å². The maximum atomic E-state index is 12.6. The van der Waals surface area contributed by atoms with Crippen molar-refractivity contribution in [2.45, 2.75) is 17.4 Å². The van der Waals surface area contributed by atoms with E-state index in [4.69, 9.17) is 9.84 Å². The molecule has 3 fully saturated rings. The number of carbonyl (C=O) groups excluding carboxylic acids is 2. The number of aromatic carboxylic acids is 1. The van der Waals surface area contributed by atoms with E-state index in [1.807, 2.05) is 0 Å². The lowest BCUT2D eigenvalue weighted by Gasteiger charge is -2.27. The lowest BCUT2D eigenvalue weighted by molar-refractivity contribution is -0.145. The molecule has 0 unspecified atom stereocenters. The van der Waals surface area contributed by atoms with Crippen LogP contribution >= 0.6 is 15.9 Å². The molecule has 2 bridgehead atoms. The van der Waals surface area contributed by atoms with Gasteiger partial charge < -0.3 is 15.2 Å². The largest absolute Gasteiger partial charge is 0.478 e. The van der Waals surface area contributed by atoms with E-state index in [0.717, 1.165) is 6.42 Å². The van der Waals surface area contributed by atoms with Gasteiger partial charge in [0.25, 0.3) is 0 Å². The predicted octanol–water partition coefficient (Wildman–Crippen LogP) is 1.89. The van der Waals surface area contributed by atoms with Crippen molar-refractivity contribution in [3.63, 3.8) is 0 Å². The lowest BCUT2D eigenvalue weighted by Crippen LogP contribution is -2.40. The van der Waals surface area contributed by atoms with E-state index in [1.165, 1.54) is 12.1 Å². The first-order chi connectivity index (χ1) is 11.0. The zero-order chi connectivity index (χ0) is 16.3. The lowest BCUT2D eigenvalue weighted by atomic mass is 9.79. The number of fused-ring (bicyclic) bond motifs is 1. The summed E-state index contributed by atoms with van der Waals surface area (Å²) in [5.41, 5.74) is 0.683. The quantitative estimate of drug-likeness (QED) is 0.617. The van der Waals surface area contributed by atoms with Gasteiger partial charge in [-0.25, -0.2) is 4.79 Å². The highest BCUT2D eigenvalue weighted by Crippen LogP contribution is 2.60. The number of rotatable bonds is 3. The SMILES string of the molecule is O=C(O)c1ccc(NC(=O)[C@H]2[C@@H]3C[C@H]4[C@H](OC(=O)[C@@H]42)[C@@H]3Br)cc1. The maximum Gasteiger partial charge on any atom is 0.335 e. The molecular formula is C16H14BrNO5. The first-order valence-corrected chi connectivity index (χ1v) is 8.37. The number of halogens is 1. The van der Waals surface area contributed by atoms with Crippen molar-refractivity contribution >= 4 is 39.5 Å². The minimum atomic E-state index is -1.02. The van der Waals surface area contributed by atoms with Crippen LogP contribution in [0.25, 0.3) is 0 Å². The number of hydrogen-bond donors (Lipinski definition) is 2. The van der Waals surface area contributed by atoms with Crippen LogP contribution in [0.1, 0.15) is 16.8 Å². The standard InChI is InChI=1S/C16H14BrNO5/c17-12-8-5-9-11(16(22)23-13(9)12)10(8)14(19)18-7-3-1-6(2-4-7)15(20)21/h1-4,8-13H,5H2,(H,18,19)(H,20,21)/t8-,9+,10-,11-,12+,13-/m0/s1. The number of carbonyl (C=O) groups is 3. The van der Waals surface area contributed by atoms with Gasteiger partial charge in [0.2, 0.25) is 5.91 Å². The van der Waals surface area contributed by atoms with Crippen molar-refractivity contribution in [1.82, 2.24) is 0 Å². The van der Waals surface area contributed by atoms with Crippen molar-refractivity contribution in [1.29, 1.82) is 0 Å². The van der Waals surface area contributed by atoms with Crippen molar-refractivity contribution in [3.8, 4) is 0 Å². The van der Waals surface area contributed by atoms with E-state index in [2.05, 4.69) is 21.2 Å². The molecule has 1 aromatic carbocycles. The van der Waals surface area contributed by atoms with Crippen LogP contribution in [0.4, 0.5) is 5.69 Å². The summed E-state index contributed by atoms with van der Waals surface area (Å²) < 4.78 is 5.39. The topological polar surface area (TPSA) is 92.7 Å². The normalized spacial score (nSPS) is 36.8. The van der Waals surface area contributed by atoms with Gasteiger partial charge in [-0.15, -0.1) is 0 Å². The first-order valence-electron chi connectivity index (χ1n) is 7.46. The molecule has 2 aliphatic carbocycles. The molecular weight excluding hydrogens is 366 g/mol. The van der Waals surface area contributed by atoms with Crippen LogP contribution in [0.5, 0.6) is 0 Å². The smallest absolute Gasteiger partial charge is 0.335 e. The molecule has 0 spiro atoms. The molecule has 2 saturated carbocycles. The minimum absolute atomic E-state index is 0.0281. The van der Waals surface area contributed by atoms with E-state index in [9.17, 15) is 14.4 Å². The summed E-state index contributed by atoms with van der Waals surface area (Å²) in [6, 6.07) is 5.98. The Labute approximate surface area is 140 Å². The van der Waals surface area contributed by atoms with Gasteiger partial charge in [0.1, 0.15) is 6.10 Å². The third kappa shape index (κ3) is 2.09. The van der Waals surface area contributed by atoms with Crippen molar-refractivity contribution in [2.24, 2.45) is 23.7 Å². The molecule has 1 aliphatic heterocycles. The fraction of sp³-hybridized carbons (Fsp3) is 0.438. The highest BCUT2D eigenvalue weighted by atomic mass is 79.9. The van der Waals surface area contributed by atoms with Gasteiger partial charge in [-0.1, -0.05) is 15.9 Å². The first kappa shape index (κ1) is 14.7. The van der Waals surface area contributed by atoms with Crippen molar-refractivity contribution in [2.75, 3.05) is 5.32 Å². The number of carboxylic acid groups (broad SMARTS) is 1. The summed E-state index contributed by atoms with van der Waals surface area (Å²) in [6.45, 7) is 0. The third-order valence-corrected chi connectivity index (χ3v) is 6.43. The molecule has 2 N–H and O–H groups in total. The van der Waals surface area contributed by atoms with E-state index in [-0.39, 0.29) is 46.1 Å².